The van der Waals surface area contributed by atoms with Crippen molar-refractivity contribution in [1.29, 1.82) is 5.26 Å². The third-order valence-corrected chi connectivity index (χ3v) is 2.60. The molecule has 0 saturated heterocycles. The van der Waals surface area contributed by atoms with Crippen molar-refractivity contribution in [2.75, 3.05) is 7.11 Å². The summed E-state index contributed by atoms with van der Waals surface area (Å²) in [5.74, 6) is 0.828. The number of hydrogen-bond acceptors (Lipinski definition) is 3. The molecule has 0 aliphatic heterocycles. The molecule has 0 saturated carbocycles. The summed E-state index contributed by atoms with van der Waals surface area (Å²) in [6.45, 7) is 1.87. The number of ether oxygens (including phenoxy) is 1. The first-order valence-corrected chi connectivity index (χ1v) is 4.85. The second kappa shape index (κ2) is 4.78. The quantitative estimate of drug-likeness (QED) is 0.692. The Bertz CT molecular complexity index is 319. The molecule has 0 aliphatic rings. The molecule has 1 aromatic rings. The molecule has 1 aromatic carbocycles. The molecule has 0 radical (unpaired) electrons. The minimum absolute atomic E-state index is 0.0451. The molecule has 2 nitrogen and oxygen atoms in total. The van der Waals surface area contributed by atoms with Gasteiger partial charge in [-0.2, -0.15) is 5.26 Å². The first-order chi connectivity index (χ1) is 6.27. The fraction of sp³-hybridized carbons (Fsp3) is 0.300. The highest BCUT2D eigenvalue weighted by molar-refractivity contribution is 8.00. The van der Waals surface area contributed by atoms with Gasteiger partial charge in [-0.15, -0.1) is 11.8 Å². The molecule has 0 aromatic heterocycles. The van der Waals surface area contributed by atoms with E-state index in [1.54, 1.807) is 7.11 Å². The molecule has 0 fully saturated rings. The maximum Gasteiger partial charge on any atom is 0.132 e. The molecular weight excluding hydrogens is 182 g/mol. The van der Waals surface area contributed by atoms with Crippen LogP contribution in [-0.2, 0) is 0 Å². The van der Waals surface area contributed by atoms with Gasteiger partial charge in [0.2, 0.25) is 0 Å². The number of nitriles is 1. The number of para-hydroxylation sites is 1. The highest BCUT2D eigenvalue weighted by Gasteiger charge is 2.06. The molecule has 68 valence electrons. The molecule has 3 heteroatoms. The Labute approximate surface area is 82.5 Å². The van der Waals surface area contributed by atoms with E-state index in [1.165, 1.54) is 11.8 Å². The standard InChI is InChI=1S/C10H11NOS/c1-8(7-11)13-10-6-4-3-5-9(10)12-2/h3-6,8H,1-2H3. The number of hydrogen-bond donors (Lipinski definition) is 0. The molecule has 0 bridgehead atoms. The Hall–Kier alpha value is -1.14. The Morgan fingerprint density at radius 2 is 2.15 bits per heavy atom. The molecule has 0 aliphatic carbocycles. The highest BCUT2D eigenvalue weighted by Crippen LogP contribution is 2.31. The summed E-state index contributed by atoms with van der Waals surface area (Å²) in [6, 6.07) is 9.88. The van der Waals surface area contributed by atoms with E-state index >= 15 is 0 Å². The minimum atomic E-state index is -0.0451. The van der Waals surface area contributed by atoms with E-state index in [0.717, 1.165) is 10.6 Å². The Morgan fingerprint density at radius 1 is 1.46 bits per heavy atom. The van der Waals surface area contributed by atoms with Crippen molar-refractivity contribution >= 4 is 11.8 Å². The third kappa shape index (κ3) is 2.67. The van der Waals surface area contributed by atoms with E-state index < -0.39 is 0 Å². The van der Waals surface area contributed by atoms with Gasteiger partial charge in [-0.3, -0.25) is 0 Å². The van der Waals surface area contributed by atoms with Crippen LogP contribution in [0.4, 0.5) is 0 Å². The number of methoxy groups -OCH3 is 1. The Balaban J connectivity index is 2.82. The van der Waals surface area contributed by atoms with Crippen LogP contribution >= 0.6 is 11.8 Å². The maximum absolute atomic E-state index is 8.65. The van der Waals surface area contributed by atoms with Gasteiger partial charge in [-0.25, -0.2) is 0 Å². The van der Waals surface area contributed by atoms with Crippen molar-refractivity contribution in [3.63, 3.8) is 0 Å². The summed E-state index contributed by atoms with van der Waals surface area (Å²) in [7, 11) is 1.64. The van der Waals surface area contributed by atoms with Crippen LogP contribution in [0.2, 0.25) is 0 Å². The minimum Gasteiger partial charge on any atom is -0.496 e. The summed E-state index contributed by atoms with van der Waals surface area (Å²) in [4.78, 5) is 1.01. The van der Waals surface area contributed by atoms with Gasteiger partial charge in [0.25, 0.3) is 0 Å². The van der Waals surface area contributed by atoms with Crippen LogP contribution < -0.4 is 4.74 Å². The van der Waals surface area contributed by atoms with Crippen molar-refractivity contribution in [1.82, 2.24) is 0 Å². The highest BCUT2D eigenvalue weighted by atomic mass is 32.2. The Kier molecular flexibility index (Phi) is 3.66. The summed E-state index contributed by atoms with van der Waals surface area (Å²) >= 11 is 1.51. The summed E-state index contributed by atoms with van der Waals surface area (Å²) in [6.07, 6.45) is 0. The lowest BCUT2D eigenvalue weighted by Gasteiger charge is -2.07. The third-order valence-electron chi connectivity index (χ3n) is 1.55. The Morgan fingerprint density at radius 3 is 2.77 bits per heavy atom. The lowest BCUT2D eigenvalue weighted by atomic mass is 10.3. The average Bonchev–Trinajstić information content (AvgIpc) is 2.18. The van der Waals surface area contributed by atoms with E-state index in [-0.39, 0.29) is 5.25 Å². The van der Waals surface area contributed by atoms with Crippen LogP contribution in [0.5, 0.6) is 5.75 Å². The van der Waals surface area contributed by atoms with E-state index in [4.69, 9.17) is 10.00 Å². The number of nitrogens with zero attached hydrogens (tertiary/aromatic N) is 1. The van der Waals surface area contributed by atoms with Gasteiger partial charge in [-0.1, -0.05) is 12.1 Å². The fourth-order valence-electron chi connectivity index (χ4n) is 0.933. The van der Waals surface area contributed by atoms with Crippen LogP contribution in [0.1, 0.15) is 6.92 Å². The molecule has 0 amide bonds. The maximum atomic E-state index is 8.65. The molecule has 0 heterocycles. The predicted octanol–water partition coefficient (Wildman–Crippen LogP) is 2.70. The number of benzene rings is 1. The van der Waals surface area contributed by atoms with Gasteiger partial charge in [0.1, 0.15) is 5.75 Å². The lowest BCUT2D eigenvalue weighted by molar-refractivity contribution is 0.405. The van der Waals surface area contributed by atoms with Gasteiger partial charge in [-0.05, 0) is 19.1 Å². The largest absolute Gasteiger partial charge is 0.496 e. The van der Waals surface area contributed by atoms with Gasteiger partial charge in [0.15, 0.2) is 0 Å². The smallest absolute Gasteiger partial charge is 0.132 e. The molecule has 0 spiro atoms. The van der Waals surface area contributed by atoms with Crippen LogP contribution in [0.3, 0.4) is 0 Å². The van der Waals surface area contributed by atoms with E-state index in [0.29, 0.717) is 0 Å². The monoisotopic (exact) mass is 193 g/mol. The van der Waals surface area contributed by atoms with Crippen LogP contribution in [-0.4, -0.2) is 12.4 Å². The molecule has 1 atom stereocenters. The van der Waals surface area contributed by atoms with Crippen LogP contribution in [0.15, 0.2) is 29.2 Å². The second-order valence-electron chi connectivity index (χ2n) is 2.54. The number of rotatable bonds is 3. The predicted molar refractivity (Wildman–Crippen MR) is 53.9 cm³/mol. The topological polar surface area (TPSA) is 33.0 Å². The SMILES string of the molecule is COc1ccccc1SC(C)C#N. The van der Waals surface area contributed by atoms with Crippen molar-refractivity contribution in [2.45, 2.75) is 17.1 Å². The zero-order valence-corrected chi connectivity index (χ0v) is 8.47. The fourth-order valence-corrected chi connectivity index (χ4v) is 1.79. The average molecular weight is 193 g/mol. The van der Waals surface area contributed by atoms with Crippen LogP contribution in [0.25, 0.3) is 0 Å². The van der Waals surface area contributed by atoms with Crippen molar-refractivity contribution in [2.24, 2.45) is 0 Å². The van der Waals surface area contributed by atoms with Crippen molar-refractivity contribution in [3.8, 4) is 11.8 Å². The molecule has 1 rings (SSSR count). The first kappa shape index (κ1) is 9.94. The summed E-state index contributed by atoms with van der Waals surface area (Å²) in [5.41, 5.74) is 0. The summed E-state index contributed by atoms with van der Waals surface area (Å²) < 4.78 is 5.16. The molecule has 13 heavy (non-hydrogen) atoms. The first-order valence-electron chi connectivity index (χ1n) is 3.97. The number of thioether (sulfide) groups is 1. The van der Waals surface area contributed by atoms with E-state index in [1.807, 2.05) is 31.2 Å². The zero-order valence-electron chi connectivity index (χ0n) is 7.65. The second-order valence-corrected chi connectivity index (χ2v) is 3.92. The van der Waals surface area contributed by atoms with Gasteiger partial charge in [0, 0.05) is 0 Å². The van der Waals surface area contributed by atoms with Gasteiger partial charge < -0.3 is 4.74 Å². The van der Waals surface area contributed by atoms with Gasteiger partial charge >= 0.3 is 0 Å². The van der Waals surface area contributed by atoms with Crippen molar-refractivity contribution in [3.05, 3.63) is 24.3 Å². The van der Waals surface area contributed by atoms with Crippen molar-refractivity contribution < 1.29 is 4.74 Å². The van der Waals surface area contributed by atoms with E-state index in [9.17, 15) is 0 Å². The van der Waals surface area contributed by atoms with Gasteiger partial charge in [0.05, 0.1) is 23.3 Å². The normalized spacial score (nSPS) is 11.8. The van der Waals surface area contributed by atoms with E-state index in [2.05, 4.69) is 6.07 Å². The van der Waals surface area contributed by atoms with Crippen LogP contribution in [0, 0.1) is 11.3 Å². The zero-order chi connectivity index (χ0) is 9.68. The molecule has 0 N–H and O–H groups in total. The molecular formula is C10H11NOS. The summed E-state index contributed by atoms with van der Waals surface area (Å²) in [5, 5.41) is 8.60. The molecule has 1 unspecified atom stereocenters. The lowest BCUT2D eigenvalue weighted by Crippen LogP contribution is -1.92.